The van der Waals surface area contributed by atoms with Gasteiger partial charge in [-0.1, -0.05) is 64.0 Å². The van der Waals surface area contributed by atoms with Crippen LogP contribution in [0.25, 0.3) is 10.9 Å². The van der Waals surface area contributed by atoms with Crippen molar-refractivity contribution in [2.24, 2.45) is 0 Å². The summed E-state index contributed by atoms with van der Waals surface area (Å²) in [5.74, 6) is 0.478. The maximum Gasteiger partial charge on any atom is 0.107 e. The highest BCUT2D eigenvalue weighted by Gasteiger charge is 2.36. The Bertz CT molecular complexity index is 881. The number of aromatic nitrogens is 1. The molecule has 0 saturated heterocycles. The highest BCUT2D eigenvalue weighted by atomic mass is 32.1. The van der Waals surface area contributed by atoms with Crippen LogP contribution in [0, 0.1) is 0 Å². The number of nitrogens with zero attached hydrogens (tertiary/aromatic N) is 1. The van der Waals surface area contributed by atoms with E-state index in [4.69, 9.17) is 0 Å². The summed E-state index contributed by atoms with van der Waals surface area (Å²) >= 11 is 1.92. The largest absolute Gasteiger partial charge is 0.377 e. The predicted octanol–water partition coefficient (Wildman–Crippen LogP) is 6.55. The topological polar surface area (TPSA) is 19.0 Å². The van der Waals surface area contributed by atoms with Gasteiger partial charge in [0.15, 0.2) is 0 Å². The van der Waals surface area contributed by atoms with Gasteiger partial charge in [-0.25, -0.2) is 0 Å². The van der Waals surface area contributed by atoms with Crippen LogP contribution < -0.4 is 10.2 Å². The molecule has 1 unspecified atom stereocenters. The van der Waals surface area contributed by atoms with E-state index in [9.17, 15) is 0 Å². The van der Waals surface area contributed by atoms with Crippen LogP contribution in [-0.4, -0.2) is 27.2 Å². The Balaban J connectivity index is 2.25. The molecule has 3 rings (SSSR count). The quantitative estimate of drug-likeness (QED) is 0.426. The molecular formula is C23H34N2SSi. The van der Waals surface area contributed by atoms with Crippen LogP contribution in [0.5, 0.6) is 0 Å². The number of nitrogens with one attached hydrogen (secondary N) is 1. The normalized spacial score (nSPS) is 13.3. The molecule has 2 aromatic heterocycles. The Kier molecular flexibility index (Phi) is 6.17. The first-order chi connectivity index (χ1) is 13.0. The van der Waals surface area contributed by atoms with Crippen molar-refractivity contribution in [1.29, 1.82) is 0 Å². The van der Waals surface area contributed by atoms with Crippen LogP contribution in [0.4, 0.5) is 5.69 Å². The van der Waals surface area contributed by atoms with Crippen LogP contribution in [0.3, 0.4) is 0 Å². The second-order valence-corrected chi connectivity index (χ2v) is 14.0. The number of H-pyrrole nitrogens is 1. The molecule has 0 amide bonds. The first-order valence-corrected chi connectivity index (χ1v) is 13.9. The first-order valence-electron chi connectivity index (χ1n) is 10.4. The lowest BCUT2D eigenvalue weighted by atomic mass is 9.94. The van der Waals surface area contributed by atoms with Crippen molar-refractivity contribution in [1.82, 2.24) is 4.98 Å². The predicted molar refractivity (Wildman–Crippen MR) is 126 cm³/mol. The molecule has 27 heavy (non-hydrogen) atoms. The lowest BCUT2D eigenvalue weighted by Gasteiger charge is -2.30. The zero-order valence-corrected chi connectivity index (χ0v) is 19.5. The zero-order valence-electron chi connectivity index (χ0n) is 17.7. The summed E-state index contributed by atoms with van der Waals surface area (Å²) in [6.45, 7) is 9.57. The second kappa shape index (κ2) is 8.23. The minimum atomic E-state index is -1.51. The minimum Gasteiger partial charge on any atom is -0.377 e. The number of hydrogen-bond acceptors (Lipinski definition) is 2. The van der Waals surface area contributed by atoms with Gasteiger partial charge in [0, 0.05) is 52.2 Å². The van der Waals surface area contributed by atoms with Gasteiger partial charge < -0.3 is 9.88 Å². The Morgan fingerprint density at radius 1 is 1.04 bits per heavy atom. The van der Waals surface area contributed by atoms with Crippen LogP contribution in [0.15, 0.2) is 35.7 Å². The fraction of sp³-hybridized carbons (Fsp3) is 0.478. The molecule has 0 aliphatic carbocycles. The summed E-state index contributed by atoms with van der Waals surface area (Å²) in [6, 6.07) is 15.3. The van der Waals surface area contributed by atoms with Crippen LogP contribution in [0.1, 0.15) is 50.5 Å². The van der Waals surface area contributed by atoms with Crippen LogP contribution in [-0.2, 0) is 0 Å². The molecule has 146 valence electrons. The van der Waals surface area contributed by atoms with E-state index in [0.29, 0.717) is 5.92 Å². The average Bonchev–Trinajstić information content (AvgIpc) is 3.31. The third-order valence-electron chi connectivity index (χ3n) is 6.53. The average molecular weight is 399 g/mol. The smallest absolute Gasteiger partial charge is 0.107 e. The maximum absolute atomic E-state index is 3.93. The Labute approximate surface area is 169 Å². The van der Waals surface area contributed by atoms with Crippen molar-refractivity contribution in [3.8, 4) is 0 Å². The molecule has 1 N–H and O–H groups in total. The number of thiophene rings is 1. The molecule has 0 aliphatic rings. The van der Waals surface area contributed by atoms with E-state index in [0.717, 1.165) is 6.42 Å². The Morgan fingerprint density at radius 2 is 1.70 bits per heavy atom. The van der Waals surface area contributed by atoms with Gasteiger partial charge in [-0.15, -0.1) is 11.3 Å². The number of benzene rings is 1. The number of hydrogen-bond donors (Lipinski definition) is 1. The summed E-state index contributed by atoms with van der Waals surface area (Å²) in [5, 5.41) is 5.35. The lowest BCUT2D eigenvalue weighted by Crippen LogP contribution is -2.48. The van der Waals surface area contributed by atoms with Crippen molar-refractivity contribution in [2.45, 2.75) is 58.2 Å². The van der Waals surface area contributed by atoms with Gasteiger partial charge in [0.05, 0.1) is 0 Å². The SMILES string of the molecule is CCC(c1cc(N(C)C)cs1)c1c([Si](CC)(CC)CC)[nH]c2ccccc12. The van der Waals surface area contributed by atoms with Crippen molar-refractivity contribution >= 4 is 41.3 Å². The van der Waals surface area contributed by atoms with Crippen molar-refractivity contribution in [2.75, 3.05) is 19.0 Å². The zero-order chi connectivity index (χ0) is 19.6. The molecule has 0 bridgehead atoms. The Morgan fingerprint density at radius 3 is 2.26 bits per heavy atom. The molecule has 0 saturated carbocycles. The number of anilines is 1. The van der Waals surface area contributed by atoms with E-state index in [1.807, 2.05) is 11.3 Å². The van der Waals surface area contributed by atoms with E-state index >= 15 is 0 Å². The standard InChI is InChI=1S/C23H34N2SSi/c1-7-18(21-15-17(16-26-21)25(5)6)22-19-13-11-12-14-20(19)24-23(22)27(8-2,9-3)10-4/h11-16,18,24H,7-10H2,1-6H3. The third kappa shape index (κ3) is 3.50. The molecule has 0 aliphatic heterocycles. The number of fused-ring (bicyclic) bond motifs is 1. The van der Waals surface area contributed by atoms with E-state index in [1.165, 1.54) is 39.6 Å². The molecule has 1 aromatic carbocycles. The summed E-state index contributed by atoms with van der Waals surface area (Å²) in [4.78, 5) is 7.64. The summed E-state index contributed by atoms with van der Waals surface area (Å²) in [5.41, 5.74) is 4.23. The first kappa shape index (κ1) is 20.2. The number of aromatic amines is 1. The number of rotatable bonds is 8. The summed E-state index contributed by atoms with van der Waals surface area (Å²) < 4.78 is 0. The van der Waals surface area contributed by atoms with Gasteiger partial charge in [0.1, 0.15) is 8.07 Å². The van der Waals surface area contributed by atoms with Crippen molar-refractivity contribution in [3.05, 3.63) is 46.2 Å². The van der Waals surface area contributed by atoms with E-state index < -0.39 is 8.07 Å². The Hall–Kier alpha value is -1.52. The van der Waals surface area contributed by atoms with E-state index in [-0.39, 0.29) is 0 Å². The molecule has 4 heteroatoms. The maximum atomic E-state index is 3.93. The van der Waals surface area contributed by atoms with Gasteiger partial charge in [0.25, 0.3) is 0 Å². The fourth-order valence-electron chi connectivity index (χ4n) is 4.53. The minimum absolute atomic E-state index is 0.478. The number of para-hydroxylation sites is 1. The van der Waals surface area contributed by atoms with Crippen LogP contribution >= 0.6 is 11.3 Å². The lowest BCUT2D eigenvalue weighted by molar-refractivity contribution is 0.802. The second-order valence-electron chi connectivity index (χ2n) is 7.86. The molecule has 3 aromatic rings. The third-order valence-corrected chi connectivity index (χ3v) is 13.1. The molecular weight excluding hydrogens is 364 g/mol. The van der Waals surface area contributed by atoms with E-state index in [2.05, 4.69) is 87.4 Å². The van der Waals surface area contributed by atoms with Crippen molar-refractivity contribution in [3.63, 3.8) is 0 Å². The molecule has 2 nitrogen and oxygen atoms in total. The molecule has 1 atom stereocenters. The van der Waals surface area contributed by atoms with Gasteiger partial charge in [0.2, 0.25) is 0 Å². The summed E-state index contributed by atoms with van der Waals surface area (Å²) in [7, 11) is 2.75. The highest BCUT2D eigenvalue weighted by molar-refractivity contribution is 7.10. The molecule has 0 fully saturated rings. The molecule has 0 radical (unpaired) electrons. The van der Waals surface area contributed by atoms with E-state index in [1.54, 1.807) is 10.9 Å². The summed E-state index contributed by atoms with van der Waals surface area (Å²) in [6.07, 6.45) is 1.14. The molecule has 2 heterocycles. The highest BCUT2D eigenvalue weighted by Crippen LogP contribution is 2.39. The van der Waals surface area contributed by atoms with Gasteiger partial charge in [-0.2, -0.15) is 0 Å². The monoisotopic (exact) mass is 398 g/mol. The van der Waals surface area contributed by atoms with Gasteiger partial charge in [-0.3, -0.25) is 0 Å². The van der Waals surface area contributed by atoms with Gasteiger partial charge >= 0.3 is 0 Å². The molecule has 0 spiro atoms. The van der Waals surface area contributed by atoms with Crippen LogP contribution in [0.2, 0.25) is 18.1 Å². The van der Waals surface area contributed by atoms with Crippen molar-refractivity contribution < 1.29 is 0 Å². The fourth-order valence-corrected chi connectivity index (χ4v) is 9.55. The van der Waals surface area contributed by atoms with Gasteiger partial charge in [-0.05, 0) is 24.1 Å².